The molecule has 0 saturated heterocycles. The number of alkyl halides is 3. The maximum absolute atomic E-state index is 11.9. The quantitative estimate of drug-likeness (QED) is 0.860. The Bertz CT molecular complexity index is 404. The molecule has 0 aliphatic heterocycles. The van der Waals surface area contributed by atoms with Crippen molar-refractivity contribution in [2.45, 2.75) is 13.1 Å². The van der Waals surface area contributed by atoms with Crippen LogP contribution < -0.4 is 10.5 Å². The Kier molecular flexibility index (Phi) is 3.36. The Morgan fingerprint density at radius 1 is 1.56 bits per heavy atom. The van der Waals surface area contributed by atoms with Crippen LogP contribution in [-0.2, 0) is 0 Å². The van der Waals surface area contributed by atoms with Crippen molar-refractivity contribution in [3.63, 3.8) is 0 Å². The molecule has 0 aliphatic carbocycles. The van der Waals surface area contributed by atoms with E-state index in [1.807, 2.05) is 0 Å². The summed E-state index contributed by atoms with van der Waals surface area (Å²) in [6.07, 6.45) is -3.26. The molecule has 1 amide bonds. The Balaban J connectivity index is 2.90. The van der Waals surface area contributed by atoms with Crippen LogP contribution in [0.4, 0.5) is 13.2 Å². The molecule has 1 rings (SSSR count). The number of carbonyl (C=O) groups is 1. The molecular weight excluding hydrogens is 225 g/mol. The summed E-state index contributed by atoms with van der Waals surface area (Å²) in [7, 11) is 0. The van der Waals surface area contributed by atoms with Crippen LogP contribution in [0.3, 0.4) is 0 Å². The lowest BCUT2D eigenvalue weighted by molar-refractivity contribution is -0.153. The standard InChI is InChI=1S/C9H9F3N2O2/c1-5-6(16-4-9(10,11)12)2-3-14-7(5)8(13)15/h2-3H,4H2,1H3,(H2,13,15). The highest BCUT2D eigenvalue weighted by molar-refractivity contribution is 5.92. The third kappa shape index (κ3) is 3.11. The van der Waals surface area contributed by atoms with E-state index < -0.39 is 18.7 Å². The average molecular weight is 234 g/mol. The van der Waals surface area contributed by atoms with Crippen LogP contribution in [0.5, 0.6) is 5.75 Å². The summed E-state index contributed by atoms with van der Waals surface area (Å²) in [5.74, 6) is -0.865. The van der Waals surface area contributed by atoms with E-state index in [0.29, 0.717) is 0 Å². The fourth-order valence-electron chi connectivity index (χ4n) is 1.08. The average Bonchev–Trinajstić information content (AvgIpc) is 2.14. The summed E-state index contributed by atoms with van der Waals surface area (Å²) in [4.78, 5) is 14.5. The van der Waals surface area contributed by atoms with Crippen molar-refractivity contribution < 1.29 is 22.7 Å². The van der Waals surface area contributed by atoms with Crippen LogP contribution in [-0.4, -0.2) is 23.7 Å². The molecule has 0 aromatic carbocycles. The van der Waals surface area contributed by atoms with E-state index in [9.17, 15) is 18.0 Å². The topological polar surface area (TPSA) is 65.2 Å². The predicted molar refractivity (Wildman–Crippen MR) is 49.0 cm³/mol. The van der Waals surface area contributed by atoms with Gasteiger partial charge in [0.1, 0.15) is 11.4 Å². The largest absolute Gasteiger partial charge is 0.484 e. The highest BCUT2D eigenvalue weighted by atomic mass is 19.4. The minimum absolute atomic E-state index is 0.0545. The summed E-state index contributed by atoms with van der Waals surface area (Å²) in [6.45, 7) is -0.00510. The van der Waals surface area contributed by atoms with E-state index in [1.165, 1.54) is 19.2 Å². The van der Waals surface area contributed by atoms with Crippen LogP contribution in [0.2, 0.25) is 0 Å². The van der Waals surface area contributed by atoms with E-state index in [1.54, 1.807) is 0 Å². The van der Waals surface area contributed by atoms with Gasteiger partial charge in [0.15, 0.2) is 6.61 Å². The number of nitrogens with zero attached hydrogens (tertiary/aromatic N) is 1. The summed E-state index contributed by atoms with van der Waals surface area (Å²) in [5, 5.41) is 0. The fourth-order valence-corrected chi connectivity index (χ4v) is 1.08. The van der Waals surface area contributed by atoms with Crippen LogP contribution >= 0.6 is 0 Å². The zero-order valence-electron chi connectivity index (χ0n) is 8.34. The molecule has 4 nitrogen and oxygen atoms in total. The zero-order valence-corrected chi connectivity index (χ0v) is 8.34. The van der Waals surface area contributed by atoms with Crippen molar-refractivity contribution >= 4 is 5.91 Å². The summed E-state index contributed by atoms with van der Waals surface area (Å²) in [5.41, 5.74) is 5.08. The van der Waals surface area contributed by atoms with Gasteiger partial charge in [0.05, 0.1) is 0 Å². The van der Waals surface area contributed by atoms with Gasteiger partial charge in [0.25, 0.3) is 5.91 Å². The Morgan fingerprint density at radius 3 is 2.69 bits per heavy atom. The first-order chi connectivity index (χ1) is 7.31. The van der Waals surface area contributed by atoms with Crippen molar-refractivity contribution in [3.8, 4) is 5.75 Å². The normalized spacial score (nSPS) is 11.2. The van der Waals surface area contributed by atoms with Crippen molar-refractivity contribution in [2.75, 3.05) is 6.61 Å². The first-order valence-electron chi connectivity index (χ1n) is 4.26. The molecule has 0 atom stereocenters. The third-order valence-corrected chi connectivity index (χ3v) is 1.78. The summed E-state index contributed by atoms with van der Waals surface area (Å²) in [6, 6.07) is 1.24. The van der Waals surface area contributed by atoms with Crippen LogP contribution in [0.25, 0.3) is 0 Å². The molecule has 0 fully saturated rings. The number of rotatable bonds is 3. The molecule has 0 saturated carbocycles. The van der Waals surface area contributed by atoms with Gasteiger partial charge in [-0.3, -0.25) is 9.78 Å². The molecule has 1 heterocycles. The van der Waals surface area contributed by atoms with Gasteiger partial charge in [-0.2, -0.15) is 13.2 Å². The number of nitrogens with two attached hydrogens (primary N) is 1. The van der Waals surface area contributed by atoms with E-state index in [2.05, 4.69) is 9.72 Å². The first-order valence-corrected chi connectivity index (χ1v) is 4.26. The molecule has 1 aromatic rings. The van der Waals surface area contributed by atoms with Crippen molar-refractivity contribution in [2.24, 2.45) is 5.73 Å². The van der Waals surface area contributed by atoms with Gasteiger partial charge in [0, 0.05) is 11.8 Å². The molecule has 0 aliphatic rings. The van der Waals surface area contributed by atoms with Crippen molar-refractivity contribution in [1.29, 1.82) is 0 Å². The first kappa shape index (κ1) is 12.3. The number of carbonyl (C=O) groups excluding carboxylic acids is 1. The smallest absolute Gasteiger partial charge is 0.422 e. The molecule has 88 valence electrons. The monoisotopic (exact) mass is 234 g/mol. The van der Waals surface area contributed by atoms with E-state index in [-0.39, 0.29) is 17.0 Å². The fraction of sp³-hybridized carbons (Fsp3) is 0.333. The second-order valence-electron chi connectivity index (χ2n) is 3.05. The number of amides is 1. The van der Waals surface area contributed by atoms with Gasteiger partial charge in [-0.15, -0.1) is 0 Å². The van der Waals surface area contributed by atoms with Gasteiger partial charge < -0.3 is 10.5 Å². The van der Waals surface area contributed by atoms with E-state index in [4.69, 9.17) is 5.73 Å². The number of halogens is 3. The van der Waals surface area contributed by atoms with E-state index >= 15 is 0 Å². The van der Waals surface area contributed by atoms with Gasteiger partial charge in [-0.1, -0.05) is 0 Å². The second kappa shape index (κ2) is 4.38. The number of primary amides is 1. The summed E-state index contributed by atoms with van der Waals surface area (Å²) >= 11 is 0. The molecule has 1 aromatic heterocycles. The molecule has 0 radical (unpaired) electrons. The molecule has 16 heavy (non-hydrogen) atoms. The third-order valence-electron chi connectivity index (χ3n) is 1.78. The lowest BCUT2D eigenvalue weighted by Gasteiger charge is -2.12. The second-order valence-corrected chi connectivity index (χ2v) is 3.05. The van der Waals surface area contributed by atoms with Gasteiger partial charge in [0.2, 0.25) is 0 Å². The van der Waals surface area contributed by atoms with Crippen LogP contribution in [0, 0.1) is 6.92 Å². The highest BCUT2D eigenvalue weighted by Crippen LogP contribution is 2.22. The SMILES string of the molecule is Cc1c(OCC(F)(F)F)ccnc1C(N)=O. The Labute approximate surface area is 89.2 Å². The molecule has 0 spiro atoms. The summed E-state index contributed by atoms with van der Waals surface area (Å²) < 4.78 is 40.2. The van der Waals surface area contributed by atoms with E-state index in [0.717, 1.165) is 0 Å². The molecule has 2 N–H and O–H groups in total. The molecular formula is C9H9F3N2O2. The maximum Gasteiger partial charge on any atom is 0.422 e. The maximum atomic E-state index is 11.9. The molecule has 7 heteroatoms. The lowest BCUT2D eigenvalue weighted by atomic mass is 10.2. The van der Waals surface area contributed by atoms with Crippen molar-refractivity contribution in [1.82, 2.24) is 4.98 Å². The number of aromatic nitrogens is 1. The number of pyridine rings is 1. The lowest BCUT2D eigenvalue weighted by Crippen LogP contribution is -2.21. The van der Waals surface area contributed by atoms with Crippen molar-refractivity contribution in [3.05, 3.63) is 23.5 Å². The Morgan fingerprint density at radius 2 is 2.19 bits per heavy atom. The van der Waals surface area contributed by atoms with Crippen LogP contribution in [0.1, 0.15) is 16.1 Å². The minimum atomic E-state index is -4.43. The molecule has 0 unspecified atom stereocenters. The number of hydrogen-bond donors (Lipinski definition) is 1. The minimum Gasteiger partial charge on any atom is -0.484 e. The van der Waals surface area contributed by atoms with Gasteiger partial charge in [-0.25, -0.2) is 0 Å². The predicted octanol–water partition coefficient (Wildman–Crippen LogP) is 1.43. The van der Waals surface area contributed by atoms with Crippen LogP contribution in [0.15, 0.2) is 12.3 Å². The van der Waals surface area contributed by atoms with Gasteiger partial charge >= 0.3 is 6.18 Å². The highest BCUT2D eigenvalue weighted by Gasteiger charge is 2.29. The van der Waals surface area contributed by atoms with Gasteiger partial charge in [-0.05, 0) is 13.0 Å². The number of hydrogen-bond acceptors (Lipinski definition) is 3. The number of ether oxygens (including phenoxy) is 1. The Hall–Kier alpha value is -1.79. The molecule has 0 bridgehead atoms. The zero-order chi connectivity index (χ0) is 12.3.